The van der Waals surface area contributed by atoms with Gasteiger partial charge < -0.3 is 10.1 Å². The molecule has 1 aromatic carbocycles. The highest BCUT2D eigenvalue weighted by molar-refractivity contribution is 5.32. The first-order chi connectivity index (χ1) is 10.2. The van der Waals surface area contributed by atoms with E-state index in [1.165, 1.54) is 11.1 Å². The van der Waals surface area contributed by atoms with Crippen LogP contribution in [0.15, 0.2) is 42.6 Å². The molecule has 21 heavy (non-hydrogen) atoms. The number of aromatic nitrogens is 1. The van der Waals surface area contributed by atoms with Crippen LogP contribution in [0.3, 0.4) is 0 Å². The summed E-state index contributed by atoms with van der Waals surface area (Å²) in [5, 5.41) is 3.59. The minimum Gasteiger partial charge on any atom is -0.495 e. The van der Waals surface area contributed by atoms with Crippen molar-refractivity contribution in [3.8, 4) is 5.75 Å². The lowest BCUT2D eigenvalue weighted by Crippen LogP contribution is -2.25. The zero-order valence-electron chi connectivity index (χ0n) is 13.1. The Balaban J connectivity index is 2.25. The van der Waals surface area contributed by atoms with Gasteiger partial charge in [0.2, 0.25) is 0 Å². The molecule has 3 nitrogen and oxygen atoms in total. The largest absolute Gasteiger partial charge is 0.495 e. The summed E-state index contributed by atoms with van der Waals surface area (Å²) in [6.45, 7) is 5.27. The van der Waals surface area contributed by atoms with Gasteiger partial charge in [-0.3, -0.25) is 4.98 Å². The standard InChI is InChI=1S/C18H24N2O/c1-4-10-19-16(13-15-8-5-7-14(2)12-15)18-17(21-3)9-6-11-20-18/h5-9,11-12,16,19H,4,10,13H2,1-3H3. The number of pyridine rings is 1. The van der Waals surface area contributed by atoms with Crippen molar-refractivity contribution >= 4 is 0 Å². The predicted molar refractivity (Wildman–Crippen MR) is 86.7 cm³/mol. The van der Waals surface area contributed by atoms with E-state index in [-0.39, 0.29) is 6.04 Å². The summed E-state index contributed by atoms with van der Waals surface area (Å²) in [5.41, 5.74) is 3.58. The molecule has 1 unspecified atom stereocenters. The monoisotopic (exact) mass is 284 g/mol. The van der Waals surface area contributed by atoms with E-state index in [0.717, 1.165) is 30.8 Å². The van der Waals surface area contributed by atoms with Crippen LogP contribution in [0.5, 0.6) is 5.75 Å². The third-order valence-corrected chi connectivity index (χ3v) is 3.51. The van der Waals surface area contributed by atoms with Crippen LogP contribution in [0.2, 0.25) is 0 Å². The molecule has 0 bridgehead atoms. The third-order valence-electron chi connectivity index (χ3n) is 3.51. The van der Waals surface area contributed by atoms with Crippen LogP contribution < -0.4 is 10.1 Å². The van der Waals surface area contributed by atoms with E-state index in [1.54, 1.807) is 7.11 Å². The van der Waals surface area contributed by atoms with Crippen molar-refractivity contribution in [3.05, 3.63) is 59.4 Å². The van der Waals surface area contributed by atoms with E-state index in [0.29, 0.717) is 0 Å². The van der Waals surface area contributed by atoms with Crippen LogP contribution in [-0.2, 0) is 6.42 Å². The van der Waals surface area contributed by atoms with Gasteiger partial charge in [0.25, 0.3) is 0 Å². The Morgan fingerprint density at radius 1 is 1.24 bits per heavy atom. The Bertz CT molecular complexity index is 569. The minimum atomic E-state index is 0.169. The van der Waals surface area contributed by atoms with Gasteiger partial charge >= 0.3 is 0 Å². The summed E-state index contributed by atoms with van der Waals surface area (Å²) in [5.74, 6) is 0.846. The molecule has 2 rings (SSSR count). The first-order valence-corrected chi connectivity index (χ1v) is 7.52. The van der Waals surface area contributed by atoms with E-state index in [4.69, 9.17) is 4.74 Å². The molecule has 1 atom stereocenters. The summed E-state index contributed by atoms with van der Waals surface area (Å²) in [6.07, 6.45) is 3.84. The van der Waals surface area contributed by atoms with Crippen LogP contribution in [0.1, 0.15) is 36.2 Å². The quantitative estimate of drug-likeness (QED) is 0.842. The molecule has 0 spiro atoms. The highest BCUT2D eigenvalue weighted by Gasteiger charge is 2.17. The van der Waals surface area contributed by atoms with E-state index in [2.05, 4.69) is 48.4 Å². The molecule has 1 N–H and O–H groups in total. The lowest BCUT2D eigenvalue weighted by Gasteiger charge is -2.20. The maximum absolute atomic E-state index is 5.47. The van der Waals surface area contributed by atoms with Crippen molar-refractivity contribution in [2.75, 3.05) is 13.7 Å². The van der Waals surface area contributed by atoms with Crippen LogP contribution in [0.4, 0.5) is 0 Å². The first-order valence-electron chi connectivity index (χ1n) is 7.52. The van der Waals surface area contributed by atoms with Gasteiger partial charge in [0.15, 0.2) is 0 Å². The number of nitrogens with one attached hydrogen (secondary N) is 1. The number of aryl methyl sites for hydroxylation is 1. The van der Waals surface area contributed by atoms with Gasteiger partial charge in [-0.1, -0.05) is 36.8 Å². The number of hydrogen-bond acceptors (Lipinski definition) is 3. The molecule has 0 saturated heterocycles. The van der Waals surface area contributed by atoms with Crippen LogP contribution in [0, 0.1) is 6.92 Å². The highest BCUT2D eigenvalue weighted by Crippen LogP contribution is 2.25. The summed E-state index contributed by atoms with van der Waals surface area (Å²) >= 11 is 0. The first kappa shape index (κ1) is 15.5. The fourth-order valence-corrected chi connectivity index (χ4v) is 2.50. The summed E-state index contributed by atoms with van der Waals surface area (Å²) in [6, 6.07) is 12.7. The Morgan fingerprint density at radius 2 is 2.10 bits per heavy atom. The maximum Gasteiger partial charge on any atom is 0.141 e. The van der Waals surface area contributed by atoms with Crippen molar-refractivity contribution in [1.29, 1.82) is 0 Å². The fourth-order valence-electron chi connectivity index (χ4n) is 2.50. The molecule has 112 valence electrons. The highest BCUT2D eigenvalue weighted by atomic mass is 16.5. The molecule has 0 aliphatic carbocycles. The number of rotatable bonds is 7. The molecule has 0 amide bonds. The van der Waals surface area contributed by atoms with Gasteiger partial charge in [0, 0.05) is 6.20 Å². The van der Waals surface area contributed by atoms with E-state index in [1.807, 2.05) is 18.3 Å². The number of benzene rings is 1. The van der Waals surface area contributed by atoms with E-state index in [9.17, 15) is 0 Å². The number of methoxy groups -OCH3 is 1. The molecule has 0 saturated carbocycles. The Kier molecular flexibility index (Phi) is 5.76. The molecule has 0 radical (unpaired) electrons. The van der Waals surface area contributed by atoms with Gasteiger partial charge in [-0.05, 0) is 44.0 Å². The average Bonchev–Trinajstić information content (AvgIpc) is 2.51. The zero-order valence-corrected chi connectivity index (χ0v) is 13.1. The van der Waals surface area contributed by atoms with Crippen LogP contribution >= 0.6 is 0 Å². The number of nitrogens with zero attached hydrogens (tertiary/aromatic N) is 1. The van der Waals surface area contributed by atoms with Gasteiger partial charge in [-0.25, -0.2) is 0 Å². The summed E-state index contributed by atoms with van der Waals surface area (Å²) < 4.78 is 5.47. The molecule has 3 heteroatoms. The minimum absolute atomic E-state index is 0.169. The second-order valence-corrected chi connectivity index (χ2v) is 5.29. The Morgan fingerprint density at radius 3 is 2.81 bits per heavy atom. The summed E-state index contributed by atoms with van der Waals surface area (Å²) in [7, 11) is 1.70. The van der Waals surface area contributed by atoms with Crippen molar-refractivity contribution in [3.63, 3.8) is 0 Å². The normalized spacial score (nSPS) is 12.1. The molecular formula is C18H24N2O. The molecule has 0 aliphatic heterocycles. The maximum atomic E-state index is 5.47. The van der Waals surface area contributed by atoms with Gasteiger partial charge in [-0.15, -0.1) is 0 Å². The van der Waals surface area contributed by atoms with Crippen molar-refractivity contribution in [2.24, 2.45) is 0 Å². The molecule has 0 aliphatic rings. The van der Waals surface area contributed by atoms with Gasteiger partial charge in [0.1, 0.15) is 5.75 Å². The summed E-state index contributed by atoms with van der Waals surface area (Å²) in [4.78, 5) is 4.53. The van der Waals surface area contributed by atoms with Gasteiger partial charge in [-0.2, -0.15) is 0 Å². The number of hydrogen-bond donors (Lipinski definition) is 1. The molecule has 0 fully saturated rings. The van der Waals surface area contributed by atoms with Crippen molar-refractivity contribution in [1.82, 2.24) is 10.3 Å². The Labute approximate surface area is 127 Å². The average molecular weight is 284 g/mol. The molecule has 1 heterocycles. The smallest absolute Gasteiger partial charge is 0.141 e. The van der Waals surface area contributed by atoms with Crippen molar-refractivity contribution in [2.45, 2.75) is 32.7 Å². The van der Waals surface area contributed by atoms with E-state index >= 15 is 0 Å². The number of ether oxygens (including phenoxy) is 1. The Hall–Kier alpha value is -1.87. The fraction of sp³-hybridized carbons (Fsp3) is 0.389. The second-order valence-electron chi connectivity index (χ2n) is 5.29. The van der Waals surface area contributed by atoms with Crippen molar-refractivity contribution < 1.29 is 4.74 Å². The van der Waals surface area contributed by atoms with Crippen LogP contribution in [0.25, 0.3) is 0 Å². The van der Waals surface area contributed by atoms with Gasteiger partial charge in [0.05, 0.1) is 18.8 Å². The molecule has 1 aromatic heterocycles. The second kappa shape index (κ2) is 7.79. The predicted octanol–water partition coefficient (Wildman–Crippen LogP) is 3.68. The van der Waals surface area contributed by atoms with Crippen LogP contribution in [-0.4, -0.2) is 18.6 Å². The lowest BCUT2D eigenvalue weighted by molar-refractivity contribution is 0.393. The van der Waals surface area contributed by atoms with E-state index < -0.39 is 0 Å². The molecular weight excluding hydrogens is 260 g/mol. The zero-order chi connectivity index (χ0) is 15.1. The topological polar surface area (TPSA) is 34.2 Å². The SMILES string of the molecule is CCCNC(Cc1cccc(C)c1)c1ncccc1OC. The third kappa shape index (κ3) is 4.30. The lowest BCUT2D eigenvalue weighted by atomic mass is 10.0. The molecule has 2 aromatic rings.